The molecule has 0 saturated heterocycles. The van der Waals surface area contributed by atoms with Crippen LogP contribution in [-0.4, -0.2) is 41.4 Å². The molecule has 0 spiro atoms. The summed E-state index contributed by atoms with van der Waals surface area (Å²) < 4.78 is 77.2. The van der Waals surface area contributed by atoms with E-state index >= 15 is 0 Å². The molecule has 0 aliphatic carbocycles. The Morgan fingerprint density at radius 2 is 1.26 bits per heavy atom. The van der Waals surface area contributed by atoms with Gasteiger partial charge in [0.15, 0.2) is 5.60 Å². The van der Waals surface area contributed by atoms with Gasteiger partial charge in [-0.25, -0.2) is 4.98 Å². The molecule has 0 bridgehead atoms. The molecule has 0 fully saturated rings. The first-order chi connectivity index (χ1) is 14.4. The summed E-state index contributed by atoms with van der Waals surface area (Å²) in [6.07, 6.45) is -5.98. The van der Waals surface area contributed by atoms with Crippen LogP contribution < -0.4 is 9.47 Å². The number of methoxy groups -OCH3 is 2. The number of hydrogen-bond acceptors (Lipinski definition) is 4. The zero-order chi connectivity index (χ0) is 23.0. The summed E-state index contributed by atoms with van der Waals surface area (Å²) in [5.74, 6) is -5.34. The summed E-state index contributed by atoms with van der Waals surface area (Å²) in [6.45, 7) is 0.370. The Morgan fingerprint density at radius 1 is 0.806 bits per heavy atom. The average molecular weight is 442 g/mol. The topological polar surface area (TPSA) is 67.4 Å². The Labute approximate surface area is 174 Å². The summed E-state index contributed by atoms with van der Waals surface area (Å²) in [5, 5.41) is 10.2. The molecule has 0 aliphatic heterocycles. The number of rotatable bonds is 6. The highest BCUT2D eigenvalue weighted by Gasteiger charge is 2.69. The lowest BCUT2D eigenvalue weighted by Crippen LogP contribution is -2.53. The maximum atomic E-state index is 14.1. The lowest BCUT2D eigenvalue weighted by atomic mass is 9.96. The maximum Gasteiger partial charge on any atom is 0.456 e. The van der Waals surface area contributed by atoms with E-state index < -0.39 is 23.5 Å². The molecule has 1 atom stereocenters. The Balaban J connectivity index is 2.19. The highest BCUT2D eigenvalue weighted by Crippen LogP contribution is 2.48. The molecule has 1 unspecified atom stereocenters. The maximum absolute atomic E-state index is 14.1. The Bertz CT molecular complexity index is 977. The third kappa shape index (κ3) is 3.95. The summed E-state index contributed by atoms with van der Waals surface area (Å²) >= 11 is 0. The number of benzene rings is 2. The predicted octanol–water partition coefficient (Wildman–Crippen LogP) is 5.17. The minimum atomic E-state index is -5.98. The van der Waals surface area contributed by atoms with E-state index in [1.165, 1.54) is 14.2 Å². The number of imidazole rings is 1. The van der Waals surface area contributed by atoms with Crippen molar-refractivity contribution in [3.05, 3.63) is 54.4 Å². The molecule has 0 amide bonds. The van der Waals surface area contributed by atoms with E-state index in [9.17, 15) is 27.1 Å². The molecule has 0 saturated carbocycles. The van der Waals surface area contributed by atoms with Crippen LogP contribution in [0.1, 0.15) is 12.7 Å². The van der Waals surface area contributed by atoms with Gasteiger partial charge in [-0.05, 0) is 55.5 Å². The van der Waals surface area contributed by atoms with Gasteiger partial charge in [-0.1, -0.05) is 0 Å². The quantitative estimate of drug-likeness (QED) is 0.517. The van der Waals surface area contributed by atoms with Gasteiger partial charge in [0.05, 0.1) is 25.6 Å². The highest BCUT2D eigenvalue weighted by atomic mass is 19.4. The van der Waals surface area contributed by atoms with E-state index in [0.717, 1.165) is 0 Å². The molecule has 10 heteroatoms. The molecular formula is C21H19F5N2O3. The van der Waals surface area contributed by atoms with Crippen molar-refractivity contribution in [2.75, 3.05) is 14.2 Å². The minimum absolute atomic E-state index is 0.0843. The van der Waals surface area contributed by atoms with Gasteiger partial charge < -0.3 is 19.6 Å². The van der Waals surface area contributed by atoms with Crippen LogP contribution in [0.2, 0.25) is 0 Å². The lowest BCUT2D eigenvalue weighted by molar-refractivity contribution is -0.343. The van der Waals surface area contributed by atoms with Crippen LogP contribution in [-0.2, 0) is 5.60 Å². The number of nitrogens with zero attached hydrogens (tertiary/aromatic N) is 1. The highest BCUT2D eigenvalue weighted by molar-refractivity contribution is 5.79. The van der Waals surface area contributed by atoms with E-state index in [4.69, 9.17) is 9.47 Å². The molecule has 31 heavy (non-hydrogen) atoms. The Morgan fingerprint density at radius 3 is 1.68 bits per heavy atom. The second kappa shape index (κ2) is 7.84. The van der Waals surface area contributed by atoms with Crippen molar-refractivity contribution in [3.63, 3.8) is 0 Å². The number of aliphatic hydroxyl groups is 1. The van der Waals surface area contributed by atoms with Gasteiger partial charge in [-0.2, -0.15) is 22.0 Å². The molecule has 1 aromatic heterocycles. The van der Waals surface area contributed by atoms with Crippen molar-refractivity contribution < 1.29 is 36.5 Å². The summed E-state index contributed by atoms with van der Waals surface area (Å²) in [6, 6.07) is 12.7. The molecule has 5 nitrogen and oxygen atoms in total. The van der Waals surface area contributed by atoms with Crippen LogP contribution in [0.3, 0.4) is 0 Å². The molecule has 3 aromatic rings. The van der Waals surface area contributed by atoms with E-state index in [0.29, 0.717) is 29.5 Å². The van der Waals surface area contributed by atoms with E-state index in [-0.39, 0.29) is 11.4 Å². The fourth-order valence-corrected chi connectivity index (χ4v) is 2.95. The van der Waals surface area contributed by atoms with Crippen LogP contribution in [0, 0.1) is 0 Å². The molecule has 2 aromatic carbocycles. The minimum Gasteiger partial charge on any atom is -0.497 e. The molecule has 0 radical (unpaired) electrons. The zero-order valence-corrected chi connectivity index (χ0v) is 16.7. The third-order valence-corrected chi connectivity index (χ3v) is 4.87. The predicted molar refractivity (Wildman–Crippen MR) is 103 cm³/mol. The first-order valence-corrected chi connectivity index (χ1v) is 8.98. The number of aromatic nitrogens is 2. The van der Waals surface area contributed by atoms with Gasteiger partial charge in [0.25, 0.3) is 0 Å². The number of aromatic amines is 1. The van der Waals surface area contributed by atoms with Gasteiger partial charge in [0.1, 0.15) is 17.3 Å². The molecule has 2 N–H and O–H groups in total. The van der Waals surface area contributed by atoms with Gasteiger partial charge in [0, 0.05) is 11.1 Å². The fraction of sp³-hybridized carbons (Fsp3) is 0.286. The first kappa shape index (κ1) is 22.5. The van der Waals surface area contributed by atoms with Crippen LogP contribution in [0.4, 0.5) is 22.0 Å². The Hall–Kier alpha value is -3.14. The van der Waals surface area contributed by atoms with Crippen molar-refractivity contribution in [3.8, 4) is 34.0 Å². The van der Waals surface area contributed by atoms with Gasteiger partial charge in [-0.15, -0.1) is 0 Å². The molecule has 166 valence electrons. The van der Waals surface area contributed by atoms with E-state index in [2.05, 4.69) is 9.97 Å². The molecule has 0 aliphatic rings. The van der Waals surface area contributed by atoms with Crippen molar-refractivity contribution in [2.45, 2.75) is 24.6 Å². The molecule has 1 heterocycles. The van der Waals surface area contributed by atoms with Gasteiger partial charge in [-0.3, -0.25) is 0 Å². The van der Waals surface area contributed by atoms with E-state index in [1.807, 2.05) is 0 Å². The first-order valence-electron chi connectivity index (χ1n) is 8.98. The molecule has 3 rings (SSSR count). The molecular weight excluding hydrogens is 423 g/mol. The monoisotopic (exact) mass is 442 g/mol. The van der Waals surface area contributed by atoms with Crippen LogP contribution in [0.5, 0.6) is 11.5 Å². The largest absolute Gasteiger partial charge is 0.497 e. The second-order valence-electron chi connectivity index (χ2n) is 6.91. The number of nitrogens with one attached hydrogen (secondary N) is 1. The third-order valence-electron chi connectivity index (χ3n) is 4.87. The van der Waals surface area contributed by atoms with Crippen LogP contribution in [0.25, 0.3) is 22.5 Å². The van der Waals surface area contributed by atoms with Crippen molar-refractivity contribution >= 4 is 0 Å². The Kier molecular flexibility index (Phi) is 5.70. The smallest absolute Gasteiger partial charge is 0.456 e. The number of H-pyrrole nitrogens is 1. The van der Waals surface area contributed by atoms with E-state index in [1.54, 1.807) is 48.5 Å². The van der Waals surface area contributed by atoms with Gasteiger partial charge >= 0.3 is 12.1 Å². The lowest BCUT2D eigenvalue weighted by Gasteiger charge is -2.32. The average Bonchev–Trinajstić information content (AvgIpc) is 3.19. The summed E-state index contributed by atoms with van der Waals surface area (Å²) in [5.41, 5.74) is -2.55. The van der Waals surface area contributed by atoms with Crippen LogP contribution in [0.15, 0.2) is 48.5 Å². The second-order valence-corrected chi connectivity index (χ2v) is 6.91. The fourth-order valence-electron chi connectivity index (χ4n) is 2.95. The van der Waals surface area contributed by atoms with Crippen molar-refractivity contribution in [1.82, 2.24) is 9.97 Å². The number of ether oxygens (including phenoxy) is 2. The van der Waals surface area contributed by atoms with Crippen molar-refractivity contribution in [1.29, 1.82) is 0 Å². The summed E-state index contributed by atoms with van der Waals surface area (Å²) in [7, 11) is 2.92. The normalized spacial score (nSPS) is 14.2. The SMILES string of the molecule is COc1ccc(-c2nc(C(C)(O)C(F)(F)C(F)(F)F)[nH]c2-c2ccc(OC)cc2)cc1. The summed E-state index contributed by atoms with van der Waals surface area (Å²) in [4.78, 5) is 6.42. The van der Waals surface area contributed by atoms with Crippen molar-refractivity contribution in [2.24, 2.45) is 0 Å². The number of halogens is 5. The number of hydrogen-bond donors (Lipinski definition) is 2. The number of alkyl halides is 5. The standard InChI is InChI=1S/C21H19F5N2O3/c1-19(29,20(22,23)21(24,25)26)18-27-16(12-4-8-14(30-2)9-5-12)17(28-18)13-6-10-15(31-3)11-7-13/h4-11,29H,1-3H3,(H,27,28). The van der Waals surface area contributed by atoms with Crippen LogP contribution >= 0.6 is 0 Å². The van der Waals surface area contributed by atoms with Gasteiger partial charge in [0.2, 0.25) is 0 Å². The zero-order valence-electron chi connectivity index (χ0n) is 16.7.